The molecule has 0 bridgehead atoms. The van der Waals surface area contributed by atoms with E-state index in [0.29, 0.717) is 19.1 Å². The van der Waals surface area contributed by atoms with Gasteiger partial charge in [0.1, 0.15) is 0 Å². The molecule has 0 aromatic heterocycles. The average molecular weight is 370 g/mol. The van der Waals surface area contributed by atoms with Gasteiger partial charge in [-0.1, -0.05) is 0 Å². The normalized spacial score (nSPS) is 14.7. The molecule has 7 heteroatoms. The van der Waals surface area contributed by atoms with Crippen molar-refractivity contribution in [3.63, 3.8) is 0 Å². The number of methoxy groups -OCH3 is 1. The third-order valence-corrected chi connectivity index (χ3v) is 2.52. The van der Waals surface area contributed by atoms with Crippen molar-refractivity contribution in [1.29, 1.82) is 0 Å². The van der Waals surface area contributed by atoms with Crippen molar-refractivity contribution >= 4 is 35.8 Å². The summed E-state index contributed by atoms with van der Waals surface area (Å²) in [5.74, 6) is 1.40. The monoisotopic (exact) mass is 370 g/mol. The van der Waals surface area contributed by atoms with Crippen LogP contribution in [0.4, 0.5) is 0 Å². The predicted octanol–water partition coefficient (Wildman–Crippen LogP) is -0.0580. The van der Waals surface area contributed by atoms with Gasteiger partial charge in [-0.25, -0.2) is 0 Å². The van der Waals surface area contributed by atoms with Crippen molar-refractivity contribution in [2.45, 2.75) is 12.8 Å². The number of guanidine groups is 1. The molecule has 6 nitrogen and oxygen atoms in total. The molecule has 106 valence electrons. The number of nitrogens with zero attached hydrogens (tertiary/aromatic N) is 1. The van der Waals surface area contributed by atoms with E-state index in [1.807, 2.05) is 0 Å². The van der Waals surface area contributed by atoms with Gasteiger partial charge in [-0.3, -0.25) is 9.79 Å². The third-order valence-electron chi connectivity index (χ3n) is 2.52. The lowest BCUT2D eigenvalue weighted by Crippen LogP contribution is -2.44. The molecule has 18 heavy (non-hydrogen) atoms. The highest BCUT2D eigenvalue weighted by molar-refractivity contribution is 14.0. The summed E-state index contributed by atoms with van der Waals surface area (Å²) in [5.41, 5.74) is 0. The lowest BCUT2D eigenvalue weighted by atomic mass is 10.4. The zero-order chi connectivity index (χ0) is 12.5. The minimum Gasteiger partial charge on any atom is -0.383 e. The summed E-state index contributed by atoms with van der Waals surface area (Å²) >= 11 is 0. The van der Waals surface area contributed by atoms with Crippen LogP contribution in [0.3, 0.4) is 0 Å². The Morgan fingerprint density at radius 1 is 1.33 bits per heavy atom. The molecule has 0 saturated heterocycles. The summed E-state index contributed by atoms with van der Waals surface area (Å²) < 4.78 is 4.84. The Kier molecular flexibility index (Phi) is 10.0. The van der Waals surface area contributed by atoms with Crippen LogP contribution in [0, 0.1) is 5.92 Å². The van der Waals surface area contributed by atoms with Gasteiger partial charge in [0, 0.05) is 27.2 Å². The first-order valence-corrected chi connectivity index (χ1v) is 5.96. The van der Waals surface area contributed by atoms with Crippen LogP contribution in [0.2, 0.25) is 0 Å². The Labute approximate surface area is 125 Å². The summed E-state index contributed by atoms with van der Waals surface area (Å²) in [6, 6.07) is 0. The van der Waals surface area contributed by atoms with Gasteiger partial charge in [0.2, 0.25) is 5.91 Å². The third kappa shape index (κ3) is 8.51. The molecule has 0 heterocycles. The van der Waals surface area contributed by atoms with Crippen LogP contribution in [0.25, 0.3) is 0 Å². The Balaban J connectivity index is 0.00000289. The van der Waals surface area contributed by atoms with Crippen molar-refractivity contribution in [1.82, 2.24) is 16.0 Å². The fourth-order valence-electron chi connectivity index (χ4n) is 1.30. The van der Waals surface area contributed by atoms with E-state index >= 15 is 0 Å². The molecule has 0 aromatic rings. The molecule has 0 spiro atoms. The van der Waals surface area contributed by atoms with E-state index < -0.39 is 0 Å². The summed E-state index contributed by atoms with van der Waals surface area (Å²) in [7, 11) is 3.30. The molecule has 0 aliphatic heterocycles. The van der Waals surface area contributed by atoms with E-state index in [1.54, 1.807) is 14.2 Å². The largest absolute Gasteiger partial charge is 0.383 e. The summed E-state index contributed by atoms with van der Waals surface area (Å²) in [5, 5.41) is 8.88. The standard InChI is InChI=1S/C11H22N4O2.HI/c1-12-11(14-7-9-3-4-9)15-8-10(16)13-5-6-17-2;/h9H,3-8H2,1-2H3,(H,13,16)(H2,12,14,15);1H. The number of ether oxygens (including phenoxy) is 1. The second-order valence-corrected chi connectivity index (χ2v) is 4.09. The van der Waals surface area contributed by atoms with Crippen molar-refractivity contribution in [2.75, 3.05) is 40.4 Å². The highest BCUT2D eigenvalue weighted by Crippen LogP contribution is 2.27. The molecule has 3 N–H and O–H groups in total. The first-order valence-electron chi connectivity index (χ1n) is 5.96. The smallest absolute Gasteiger partial charge is 0.239 e. The molecule has 1 amide bonds. The molecular weight excluding hydrogens is 347 g/mol. The lowest BCUT2D eigenvalue weighted by molar-refractivity contribution is -0.120. The van der Waals surface area contributed by atoms with Gasteiger partial charge in [0.15, 0.2) is 5.96 Å². The number of aliphatic imine (C=N–C) groups is 1. The van der Waals surface area contributed by atoms with Crippen LogP contribution in [-0.2, 0) is 9.53 Å². The van der Waals surface area contributed by atoms with Crippen LogP contribution in [0.15, 0.2) is 4.99 Å². The van der Waals surface area contributed by atoms with Crippen molar-refractivity contribution in [3.05, 3.63) is 0 Å². The maximum atomic E-state index is 11.4. The maximum absolute atomic E-state index is 11.4. The number of rotatable bonds is 7. The SMILES string of the molecule is CN=C(NCC(=O)NCCOC)NCC1CC1.I. The molecule has 1 saturated carbocycles. The van der Waals surface area contributed by atoms with Gasteiger partial charge >= 0.3 is 0 Å². The predicted molar refractivity (Wildman–Crippen MR) is 82.4 cm³/mol. The minimum atomic E-state index is -0.0589. The second-order valence-electron chi connectivity index (χ2n) is 4.09. The molecule has 1 fully saturated rings. The lowest BCUT2D eigenvalue weighted by Gasteiger charge is -2.11. The van der Waals surface area contributed by atoms with E-state index in [2.05, 4.69) is 20.9 Å². The minimum absolute atomic E-state index is 0. The maximum Gasteiger partial charge on any atom is 0.239 e. The van der Waals surface area contributed by atoms with Gasteiger partial charge in [0.25, 0.3) is 0 Å². The molecule has 0 aromatic carbocycles. The number of carbonyl (C=O) groups excluding carboxylic acids is 1. The molecule has 0 unspecified atom stereocenters. The first-order chi connectivity index (χ1) is 8.26. The van der Waals surface area contributed by atoms with E-state index in [4.69, 9.17) is 4.74 Å². The van der Waals surface area contributed by atoms with Crippen LogP contribution in [0.5, 0.6) is 0 Å². The van der Waals surface area contributed by atoms with Crippen LogP contribution >= 0.6 is 24.0 Å². The van der Waals surface area contributed by atoms with Gasteiger partial charge < -0.3 is 20.7 Å². The van der Waals surface area contributed by atoms with Crippen LogP contribution in [0.1, 0.15) is 12.8 Å². The summed E-state index contributed by atoms with van der Waals surface area (Å²) in [4.78, 5) is 15.4. The molecule has 1 aliphatic carbocycles. The Morgan fingerprint density at radius 3 is 2.61 bits per heavy atom. The number of carbonyl (C=O) groups is 1. The quantitative estimate of drug-likeness (QED) is 0.254. The highest BCUT2D eigenvalue weighted by Gasteiger charge is 2.21. The van der Waals surface area contributed by atoms with E-state index in [-0.39, 0.29) is 36.4 Å². The van der Waals surface area contributed by atoms with E-state index in [1.165, 1.54) is 12.8 Å². The van der Waals surface area contributed by atoms with Crippen LogP contribution < -0.4 is 16.0 Å². The van der Waals surface area contributed by atoms with Crippen molar-refractivity contribution in [3.8, 4) is 0 Å². The fraction of sp³-hybridized carbons (Fsp3) is 0.818. The Hall–Kier alpha value is -0.570. The second kappa shape index (κ2) is 10.4. The van der Waals surface area contributed by atoms with Gasteiger partial charge in [-0.15, -0.1) is 24.0 Å². The van der Waals surface area contributed by atoms with Crippen LogP contribution in [-0.4, -0.2) is 52.3 Å². The van der Waals surface area contributed by atoms with E-state index in [9.17, 15) is 4.79 Å². The topological polar surface area (TPSA) is 74.8 Å². The molecule has 0 radical (unpaired) electrons. The van der Waals surface area contributed by atoms with Gasteiger partial charge in [-0.2, -0.15) is 0 Å². The van der Waals surface area contributed by atoms with E-state index in [0.717, 1.165) is 12.5 Å². The number of hydrogen-bond donors (Lipinski definition) is 3. The Morgan fingerprint density at radius 2 is 2.06 bits per heavy atom. The van der Waals surface area contributed by atoms with Crippen molar-refractivity contribution < 1.29 is 9.53 Å². The number of nitrogens with one attached hydrogen (secondary N) is 3. The fourth-order valence-corrected chi connectivity index (χ4v) is 1.30. The number of hydrogen-bond acceptors (Lipinski definition) is 3. The number of amides is 1. The van der Waals surface area contributed by atoms with Crippen molar-refractivity contribution in [2.24, 2.45) is 10.9 Å². The first kappa shape index (κ1) is 17.4. The van der Waals surface area contributed by atoms with Gasteiger partial charge in [0.05, 0.1) is 13.2 Å². The number of halogens is 1. The Bertz CT molecular complexity index is 270. The summed E-state index contributed by atoms with van der Waals surface area (Å²) in [6.07, 6.45) is 2.59. The van der Waals surface area contributed by atoms with Gasteiger partial charge in [-0.05, 0) is 18.8 Å². The molecule has 1 aliphatic rings. The zero-order valence-electron chi connectivity index (χ0n) is 11.0. The highest BCUT2D eigenvalue weighted by atomic mass is 127. The zero-order valence-corrected chi connectivity index (χ0v) is 13.3. The molecule has 0 atom stereocenters. The summed E-state index contributed by atoms with van der Waals surface area (Å²) in [6.45, 7) is 2.23. The average Bonchev–Trinajstić information content (AvgIpc) is 3.13. The molecular formula is C11H23IN4O2. The molecule has 1 rings (SSSR count).